The molecule has 1 aromatic rings. The Hall–Kier alpha value is -1.12. The van der Waals surface area contributed by atoms with Crippen molar-refractivity contribution in [3.63, 3.8) is 0 Å². The molecule has 1 aliphatic rings. The summed E-state index contributed by atoms with van der Waals surface area (Å²) in [7, 11) is 0. The van der Waals surface area contributed by atoms with Crippen LogP contribution in [0, 0.1) is 0 Å². The van der Waals surface area contributed by atoms with Gasteiger partial charge in [-0.1, -0.05) is 47.5 Å². The molecular formula is C10H4Cl2O2. The molecule has 0 radical (unpaired) electrons. The van der Waals surface area contributed by atoms with Crippen LogP contribution < -0.4 is 0 Å². The van der Waals surface area contributed by atoms with Gasteiger partial charge in [0.15, 0.2) is 11.6 Å². The lowest BCUT2D eigenvalue weighted by atomic mass is 10.1. The molecule has 0 N–H and O–H groups in total. The van der Waals surface area contributed by atoms with E-state index in [4.69, 9.17) is 23.2 Å². The Balaban J connectivity index is 2.72. The summed E-state index contributed by atoms with van der Waals surface area (Å²) in [5.41, 5.74) is 0.604. The first-order valence-electron chi connectivity index (χ1n) is 3.86. The highest BCUT2D eigenvalue weighted by atomic mass is 35.5. The number of rotatable bonds is 0. The first-order valence-corrected chi connectivity index (χ1v) is 4.62. The monoisotopic (exact) mass is 226 g/mol. The van der Waals surface area contributed by atoms with E-state index in [0.29, 0.717) is 11.1 Å². The van der Waals surface area contributed by atoms with Crippen LogP contribution in [-0.2, 0) is 0 Å². The van der Waals surface area contributed by atoms with Crippen LogP contribution in [-0.4, -0.2) is 11.6 Å². The molecule has 0 saturated carbocycles. The Bertz CT molecular complexity index is 434. The lowest BCUT2D eigenvalue weighted by Crippen LogP contribution is -2.00. The number of halogens is 2. The molecule has 4 heteroatoms. The second-order valence-corrected chi connectivity index (χ2v) is 3.79. The van der Waals surface area contributed by atoms with Gasteiger partial charge in [-0.2, -0.15) is 0 Å². The van der Waals surface area contributed by atoms with Gasteiger partial charge in [-0.15, -0.1) is 0 Å². The van der Waals surface area contributed by atoms with Crippen molar-refractivity contribution in [2.24, 2.45) is 0 Å². The molecule has 2 rings (SSSR count). The predicted octanol–water partition coefficient (Wildman–Crippen LogP) is 2.75. The Morgan fingerprint density at radius 2 is 1.36 bits per heavy atom. The molecule has 0 unspecified atom stereocenters. The van der Waals surface area contributed by atoms with Crippen LogP contribution in [0.4, 0.5) is 0 Å². The van der Waals surface area contributed by atoms with E-state index in [2.05, 4.69) is 0 Å². The number of carbonyl (C=O) groups is 2. The summed E-state index contributed by atoms with van der Waals surface area (Å²) < 4.78 is -0.267. The molecule has 0 aliphatic heterocycles. The molecule has 1 aliphatic carbocycles. The number of ketones is 2. The number of Topliss-reactive ketones (excluding diaryl/α,β-unsaturated/α-hetero) is 2. The number of hydrogen-bond acceptors (Lipinski definition) is 2. The molecule has 0 amide bonds. The third-order valence-corrected chi connectivity index (χ3v) is 2.44. The Labute approximate surface area is 90.1 Å². The van der Waals surface area contributed by atoms with E-state index in [9.17, 15) is 9.59 Å². The smallest absolute Gasteiger partial charge is 0.200 e. The summed E-state index contributed by atoms with van der Waals surface area (Å²) in [6, 6.07) is 6.54. The van der Waals surface area contributed by atoms with Crippen molar-refractivity contribution in [1.82, 2.24) is 0 Å². The molecule has 0 bridgehead atoms. The predicted molar refractivity (Wildman–Crippen MR) is 53.8 cm³/mol. The van der Waals surface area contributed by atoms with E-state index in [1.165, 1.54) is 0 Å². The lowest BCUT2D eigenvalue weighted by Gasteiger charge is -1.90. The second-order valence-electron chi connectivity index (χ2n) is 2.84. The summed E-state index contributed by atoms with van der Waals surface area (Å²) in [4.78, 5) is 23.2. The van der Waals surface area contributed by atoms with Gasteiger partial charge in [0.2, 0.25) is 0 Å². The van der Waals surface area contributed by atoms with Crippen LogP contribution in [0.1, 0.15) is 20.7 Å². The molecule has 70 valence electrons. The Morgan fingerprint density at radius 1 is 0.929 bits per heavy atom. The van der Waals surface area contributed by atoms with Crippen molar-refractivity contribution < 1.29 is 9.59 Å². The number of carbonyl (C=O) groups excluding carboxylic acids is 2. The topological polar surface area (TPSA) is 34.1 Å². The maximum absolute atomic E-state index is 11.6. The minimum Gasteiger partial charge on any atom is -0.288 e. The molecule has 14 heavy (non-hydrogen) atoms. The number of allylic oxidation sites excluding steroid dienone is 1. The fourth-order valence-corrected chi connectivity index (χ4v) is 1.77. The number of fused-ring (bicyclic) bond motifs is 1. The van der Waals surface area contributed by atoms with E-state index < -0.39 is 11.6 Å². The van der Waals surface area contributed by atoms with Gasteiger partial charge in [0.1, 0.15) is 10.1 Å². The summed E-state index contributed by atoms with van der Waals surface area (Å²) >= 11 is 10.9. The number of benzene rings is 1. The van der Waals surface area contributed by atoms with E-state index >= 15 is 0 Å². The highest BCUT2D eigenvalue weighted by Crippen LogP contribution is 2.30. The second kappa shape index (κ2) is 3.23. The molecule has 0 heterocycles. The lowest BCUT2D eigenvalue weighted by molar-refractivity contribution is 0.0989. The average Bonchev–Trinajstić information content (AvgIpc) is 2.41. The first kappa shape index (κ1) is 9.44. The summed E-state index contributed by atoms with van der Waals surface area (Å²) in [6.07, 6.45) is 0. The zero-order chi connectivity index (χ0) is 10.3. The Kier molecular flexibility index (Phi) is 2.17. The third-order valence-electron chi connectivity index (χ3n) is 2.06. The van der Waals surface area contributed by atoms with Crippen LogP contribution in [0.25, 0.3) is 0 Å². The minimum atomic E-state index is -0.398. The van der Waals surface area contributed by atoms with Crippen molar-refractivity contribution in [2.45, 2.75) is 0 Å². The van der Waals surface area contributed by atoms with Crippen LogP contribution in [0.3, 0.4) is 0 Å². The van der Waals surface area contributed by atoms with E-state index in [1.807, 2.05) is 0 Å². The van der Waals surface area contributed by atoms with Gasteiger partial charge in [0, 0.05) is 11.1 Å². The normalized spacial score (nSPS) is 14.6. The molecule has 0 aromatic heterocycles. The molecule has 2 nitrogen and oxygen atoms in total. The van der Waals surface area contributed by atoms with Crippen molar-refractivity contribution in [2.75, 3.05) is 0 Å². The quantitative estimate of drug-likeness (QED) is 0.504. The first-order chi connectivity index (χ1) is 6.63. The maximum Gasteiger partial charge on any atom is 0.200 e. The molecular weight excluding hydrogens is 223 g/mol. The third kappa shape index (κ3) is 1.19. The fourth-order valence-electron chi connectivity index (χ4n) is 1.42. The minimum absolute atomic E-state index is 0.130. The van der Waals surface area contributed by atoms with Gasteiger partial charge < -0.3 is 0 Å². The highest BCUT2D eigenvalue weighted by molar-refractivity contribution is 6.61. The van der Waals surface area contributed by atoms with Crippen molar-refractivity contribution >= 4 is 34.8 Å². The van der Waals surface area contributed by atoms with Gasteiger partial charge >= 0.3 is 0 Å². The highest BCUT2D eigenvalue weighted by Gasteiger charge is 2.34. The number of hydrogen-bond donors (Lipinski definition) is 0. The van der Waals surface area contributed by atoms with Gasteiger partial charge in [0.05, 0.1) is 0 Å². The van der Waals surface area contributed by atoms with E-state index in [1.54, 1.807) is 24.3 Å². The van der Waals surface area contributed by atoms with E-state index in [0.717, 1.165) is 0 Å². The summed E-state index contributed by atoms with van der Waals surface area (Å²) in [6.45, 7) is 0. The largest absolute Gasteiger partial charge is 0.288 e. The van der Waals surface area contributed by atoms with Crippen molar-refractivity contribution in [3.8, 4) is 0 Å². The summed E-state index contributed by atoms with van der Waals surface area (Å²) in [5, 5.41) is 0. The van der Waals surface area contributed by atoms with Crippen molar-refractivity contribution in [3.05, 3.63) is 45.5 Å². The van der Waals surface area contributed by atoms with Gasteiger partial charge in [0.25, 0.3) is 0 Å². The average molecular weight is 227 g/mol. The van der Waals surface area contributed by atoms with Crippen LogP contribution >= 0.6 is 23.2 Å². The zero-order valence-corrected chi connectivity index (χ0v) is 8.39. The van der Waals surface area contributed by atoms with E-state index in [-0.39, 0.29) is 10.1 Å². The fraction of sp³-hybridized carbons (Fsp3) is 0. The van der Waals surface area contributed by atoms with Crippen LogP contribution in [0.5, 0.6) is 0 Å². The zero-order valence-electron chi connectivity index (χ0n) is 6.88. The Morgan fingerprint density at radius 3 is 1.71 bits per heavy atom. The standard InChI is InChI=1S/C10H4Cl2O2/c11-10(12)7-8(13)5-3-1-2-4-6(5)9(7)14/h1-4H. The molecule has 0 fully saturated rings. The molecule has 1 aromatic carbocycles. The maximum atomic E-state index is 11.6. The van der Waals surface area contributed by atoms with Crippen molar-refractivity contribution in [1.29, 1.82) is 0 Å². The van der Waals surface area contributed by atoms with Gasteiger partial charge in [-0.3, -0.25) is 9.59 Å². The molecule has 0 spiro atoms. The van der Waals surface area contributed by atoms with Crippen LogP contribution in [0.15, 0.2) is 34.3 Å². The SMILES string of the molecule is O=C1C(=C(Cl)Cl)C(=O)c2ccccc21. The molecule has 0 atom stereocenters. The molecule has 0 saturated heterocycles. The van der Waals surface area contributed by atoms with Gasteiger partial charge in [-0.25, -0.2) is 0 Å². The summed E-state index contributed by atoms with van der Waals surface area (Å²) in [5.74, 6) is -0.795. The van der Waals surface area contributed by atoms with Gasteiger partial charge in [-0.05, 0) is 0 Å². The van der Waals surface area contributed by atoms with Crippen LogP contribution in [0.2, 0.25) is 0 Å².